The molecule has 1 aromatic rings. The summed E-state index contributed by atoms with van der Waals surface area (Å²) in [6, 6.07) is 0. The van der Waals surface area contributed by atoms with Crippen molar-refractivity contribution in [1.29, 1.82) is 0 Å². The van der Waals surface area contributed by atoms with E-state index in [2.05, 4.69) is 18.1 Å². The van der Waals surface area contributed by atoms with Gasteiger partial charge in [-0.05, 0) is 27.7 Å². The van der Waals surface area contributed by atoms with Crippen LogP contribution in [0.3, 0.4) is 0 Å². The van der Waals surface area contributed by atoms with Crippen LogP contribution in [0, 0.1) is 0 Å². The lowest BCUT2D eigenvalue weighted by molar-refractivity contribution is -0.157. The minimum Gasteiger partial charge on any atom is -0.457 e. The number of H-pyrrole nitrogens is 1. The first-order chi connectivity index (χ1) is 17.7. The van der Waals surface area contributed by atoms with Crippen LogP contribution in [0.25, 0.3) is 0 Å². The first-order valence-electron chi connectivity index (χ1n) is 11.2. The topological polar surface area (TPSA) is 248 Å². The number of hydrogen-bond donors (Lipinski definition) is 4. The van der Waals surface area contributed by atoms with Gasteiger partial charge in [0, 0.05) is 20.2 Å². The van der Waals surface area contributed by atoms with Crippen molar-refractivity contribution in [2.75, 3.05) is 6.61 Å². The first kappa shape index (κ1) is 33.7. The Morgan fingerprint density at radius 1 is 1.03 bits per heavy atom. The lowest BCUT2D eigenvalue weighted by Gasteiger charge is -2.26. The Hall–Kier alpha value is -1.52. The fraction of sp³-hybridized carbons (Fsp3) is 0.722. The zero-order valence-corrected chi connectivity index (χ0v) is 24.4. The number of carbonyl (C=O) groups is 1. The van der Waals surface area contributed by atoms with Gasteiger partial charge in [-0.1, -0.05) is 0 Å². The standard InChI is InChI=1S/C18H31N2O16P3/c1-9(2)31-15-13(8-30-37(24,25)35-39(28,29)36-38(26,27)34-10(3)4)33-14(16(15)32-11(5)21)12-7-20(6)18(23)19-17(12)22/h7,9-10,13-16H,8H2,1-6H3,(H,24,25)(H,26,27)(H,28,29)(H,19,22,23)/t13-,14+,15?,16-/m1/s1. The number of phosphoric acid groups is 3. The summed E-state index contributed by atoms with van der Waals surface area (Å²) in [6.07, 6.45) is -5.53. The zero-order chi connectivity index (χ0) is 29.9. The summed E-state index contributed by atoms with van der Waals surface area (Å²) >= 11 is 0. The molecule has 0 saturated carbocycles. The van der Waals surface area contributed by atoms with Gasteiger partial charge in [0.05, 0.1) is 24.4 Å². The predicted octanol–water partition coefficient (Wildman–Crippen LogP) is 1.01. The average molecular weight is 624 g/mol. The number of esters is 1. The number of ether oxygens (including phenoxy) is 3. The fourth-order valence-corrected chi connectivity index (χ4v) is 7.13. The molecule has 0 spiro atoms. The second kappa shape index (κ2) is 13.0. The average Bonchev–Trinajstić information content (AvgIpc) is 3.02. The Morgan fingerprint density at radius 3 is 2.15 bits per heavy atom. The van der Waals surface area contributed by atoms with Crippen LogP contribution < -0.4 is 11.2 Å². The number of phosphoric ester groups is 2. The van der Waals surface area contributed by atoms with Crippen LogP contribution in [0.1, 0.15) is 46.3 Å². The van der Waals surface area contributed by atoms with E-state index in [0.717, 1.165) is 17.7 Å². The van der Waals surface area contributed by atoms with Crippen LogP contribution in [0.2, 0.25) is 0 Å². The Morgan fingerprint density at radius 2 is 1.62 bits per heavy atom. The number of aromatic nitrogens is 2. The minimum absolute atomic E-state index is 0.149. The van der Waals surface area contributed by atoms with Gasteiger partial charge >= 0.3 is 35.1 Å². The maximum atomic E-state index is 12.5. The summed E-state index contributed by atoms with van der Waals surface area (Å²) in [5, 5.41) is 0. The van der Waals surface area contributed by atoms with E-state index < -0.39 is 83.9 Å². The summed E-state index contributed by atoms with van der Waals surface area (Å²) in [7, 11) is -15.0. The molecule has 1 aliphatic rings. The second-order valence-corrected chi connectivity index (χ2v) is 13.4. The molecule has 4 N–H and O–H groups in total. The highest BCUT2D eigenvalue weighted by Gasteiger charge is 2.51. The van der Waals surface area contributed by atoms with Crippen molar-refractivity contribution in [3.63, 3.8) is 0 Å². The van der Waals surface area contributed by atoms with E-state index in [1.807, 2.05) is 0 Å². The van der Waals surface area contributed by atoms with Gasteiger partial charge in [-0.15, -0.1) is 0 Å². The number of hydrogen-bond acceptors (Lipinski definition) is 13. The summed E-state index contributed by atoms with van der Waals surface area (Å²) in [4.78, 5) is 67.3. The fourth-order valence-electron chi connectivity index (χ4n) is 3.45. The number of aryl methyl sites for hydroxylation is 1. The van der Waals surface area contributed by atoms with Crippen LogP contribution in [-0.2, 0) is 57.4 Å². The number of nitrogens with one attached hydrogen (secondary N) is 1. The third-order valence-electron chi connectivity index (χ3n) is 4.64. The molecule has 0 amide bonds. The van der Waals surface area contributed by atoms with E-state index in [0.29, 0.717) is 0 Å². The molecule has 1 aliphatic heterocycles. The molecule has 0 radical (unpaired) electrons. The molecule has 0 aliphatic carbocycles. The number of carbonyl (C=O) groups excluding carboxylic acids is 1. The predicted molar refractivity (Wildman–Crippen MR) is 129 cm³/mol. The van der Waals surface area contributed by atoms with Crippen LogP contribution in [-0.4, -0.2) is 67.3 Å². The van der Waals surface area contributed by atoms with E-state index in [1.165, 1.54) is 20.9 Å². The van der Waals surface area contributed by atoms with Crippen LogP contribution in [0.15, 0.2) is 15.8 Å². The zero-order valence-electron chi connectivity index (χ0n) is 21.7. The molecule has 1 aromatic heterocycles. The molecule has 2 heterocycles. The van der Waals surface area contributed by atoms with Crippen molar-refractivity contribution >= 4 is 29.4 Å². The van der Waals surface area contributed by atoms with Gasteiger partial charge in [-0.2, -0.15) is 8.62 Å². The molecule has 1 fully saturated rings. The van der Waals surface area contributed by atoms with Gasteiger partial charge < -0.3 is 33.5 Å². The molecule has 0 bridgehead atoms. The van der Waals surface area contributed by atoms with E-state index >= 15 is 0 Å². The molecular weight excluding hydrogens is 593 g/mol. The minimum atomic E-state index is -5.69. The smallest absolute Gasteiger partial charge is 0.457 e. The molecule has 7 atom stereocenters. The van der Waals surface area contributed by atoms with Crippen molar-refractivity contribution in [3.05, 3.63) is 32.6 Å². The van der Waals surface area contributed by atoms with E-state index in [4.69, 9.17) is 18.7 Å². The maximum Gasteiger partial charge on any atom is 0.490 e. The highest BCUT2D eigenvalue weighted by molar-refractivity contribution is 7.66. The van der Waals surface area contributed by atoms with Crippen molar-refractivity contribution in [1.82, 2.24) is 9.55 Å². The number of aromatic amines is 1. The molecule has 4 unspecified atom stereocenters. The Bertz CT molecular complexity index is 1290. The second-order valence-electron chi connectivity index (χ2n) is 8.79. The van der Waals surface area contributed by atoms with E-state index in [9.17, 15) is 42.8 Å². The van der Waals surface area contributed by atoms with Crippen LogP contribution >= 0.6 is 23.5 Å². The Balaban J connectivity index is 2.31. The van der Waals surface area contributed by atoms with Crippen molar-refractivity contribution in [3.8, 4) is 0 Å². The third kappa shape index (κ3) is 10.1. The van der Waals surface area contributed by atoms with Crippen LogP contribution in [0.5, 0.6) is 0 Å². The summed E-state index contributed by atoms with van der Waals surface area (Å²) in [6.45, 7) is 6.03. The molecule has 2 rings (SSSR count). The summed E-state index contributed by atoms with van der Waals surface area (Å²) < 4.78 is 71.3. The third-order valence-corrected chi connectivity index (χ3v) is 9.11. The lowest BCUT2D eigenvalue weighted by Crippen LogP contribution is -2.41. The molecule has 18 nitrogen and oxygen atoms in total. The van der Waals surface area contributed by atoms with Crippen LogP contribution in [0.4, 0.5) is 0 Å². The number of nitrogens with zero attached hydrogens (tertiary/aromatic N) is 1. The van der Waals surface area contributed by atoms with E-state index in [1.54, 1.807) is 13.8 Å². The van der Waals surface area contributed by atoms with Gasteiger partial charge in [-0.3, -0.25) is 23.6 Å². The van der Waals surface area contributed by atoms with Gasteiger partial charge in [-0.25, -0.2) is 18.5 Å². The van der Waals surface area contributed by atoms with Crippen molar-refractivity contribution < 1.29 is 65.0 Å². The normalized spacial score (nSPS) is 26.2. The van der Waals surface area contributed by atoms with Gasteiger partial charge in [0.15, 0.2) is 6.10 Å². The first-order valence-corrected chi connectivity index (χ1v) is 15.7. The highest BCUT2D eigenvalue weighted by Crippen LogP contribution is 2.68. The molecule has 224 valence electrons. The number of rotatable bonds is 13. The van der Waals surface area contributed by atoms with E-state index in [-0.39, 0.29) is 5.56 Å². The van der Waals surface area contributed by atoms with Crippen molar-refractivity contribution in [2.45, 2.75) is 71.2 Å². The SMILES string of the molecule is CC(=O)O[C@H]1C(OC(C)C)[C@@H](COP(=O)(O)OP(=O)(O)OP(=O)(O)OC(C)C)O[C@H]1c1cn(C)c(=O)[nH]c1=O. The largest absolute Gasteiger partial charge is 0.490 e. The lowest BCUT2D eigenvalue weighted by atomic mass is 10.0. The van der Waals surface area contributed by atoms with Gasteiger partial charge in [0.1, 0.15) is 18.3 Å². The summed E-state index contributed by atoms with van der Waals surface area (Å²) in [5.74, 6) is -0.791. The Kier molecular flexibility index (Phi) is 11.2. The molecule has 1 saturated heterocycles. The quantitative estimate of drug-likeness (QED) is 0.177. The molecule has 39 heavy (non-hydrogen) atoms. The molecular formula is C18H31N2O16P3. The van der Waals surface area contributed by atoms with Gasteiger partial charge in [0.25, 0.3) is 5.56 Å². The maximum absolute atomic E-state index is 12.5. The molecule has 21 heteroatoms. The van der Waals surface area contributed by atoms with Crippen molar-refractivity contribution in [2.24, 2.45) is 7.05 Å². The van der Waals surface area contributed by atoms with Gasteiger partial charge in [0.2, 0.25) is 0 Å². The Labute approximate surface area is 221 Å². The monoisotopic (exact) mass is 624 g/mol. The molecule has 0 aromatic carbocycles. The summed E-state index contributed by atoms with van der Waals surface area (Å²) in [5.41, 5.74) is -1.75. The highest BCUT2D eigenvalue weighted by atomic mass is 31.3.